The fraction of sp³-hybridized carbons (Fsp3) is 0.200. The normalized spacial score (nSPS) is 15.6. The molecule has 4 rings (SSSR count). The zero-order valence-electron chi connectivity index (χ0n) is 15.8. The predicted octanol–water partition coefficient (Wildman–Crippen LogP) is 2.92. The van der Waals surface area contributed by atoms with Gasteiger partial charge in [-0.15, -0.1) is 0 Å². The summed E-state index contributed by atoms with van der Waals surface area (Å²) in [6, 6.07) is 14.8. The van der Waals surface area contributed by atoms with Gasteiger partial charge in [0.05, 0.1) is 18.4 Å². The van der Waals surface area contributed by atoms with Crippen LogP contribution in [-0.2, 0) is 4.79 Å². The van der Waals surface area contributed by atoms with Crippen LogP contribution in [0.3, 0.4) is 0 Å². The lowest BCUT2D eigenvalue weighted by molar-refractivity contribution is -0.113. The van der Waals surface area contributed by atoms with E-state index >= 15 is 0 Å². The van der Waals surface area contributed by atoms with E-state index < -0.39 is 6.04 Å². The largest absolute Gasteiger partial charge is 0.495 e. The molecule has 28 heavy (non-hydrogen) atoms. The van der Waals surface area contributed by atoms with E-state index in [1.54, 1.807) is 23.9 Å². The molecule has 8 nitrogen and oxygen atoms in total. The summed E-state index contributed by atoms with van der Waals surface area (Å²) in [6.45, 7) is 3.86. The number of carbonyl (C=O) groups excluding carboxylic acids is 1. The molecule has 8 heteroatoms. The van der Waals surface area contributed by atoms with Gasteiger partial charge in [0.2, 0.25) is 5.95 Å². The minimum absolute atomic E-state index is 0.248. The van der Waals surface area contributed by atoms with Crippen molar-refractivity contribution in [3.05, 3.63) is 70.9 Å². The van der Waals surface area contributed by atoms with E-state index in [1.807, 2.05) is 50.2 Å². The van der Waals surface area contributed by atoms with E-state index in [1.165, 1.54) is 0 Å². The molecule has 1 atom stereocenters. The van der Waals surface area contributed by atoms with Gasteiger partial charge in [0.25, 0.3) is 5.91 Å². The zero-order chi connectivity index (χ0) is 19.7. The van der Waals surface area contributed by atoms with E-state index in [0.29, 0.717) is 28.7 Å². The van der Waals surface area contributed by atoms with Gasteiger partial charge < -0.3 is 15.4 Å². The van der Waals surface area contributed by atoms with Crippen LogP contribution in [0.4, 0.5) is 11.6 Å². The van der Waals surface area contributed by atoms with Crippen LogP contribution in [0.2, 0.25) is 0 Å². The highest BCUT2D eigenvalue weighted by molar-refractivity contribution is 6.06. The second kappa shape index (κ2) is 7.15. The van der Waals surface area contributed by atoms with Gasteiger partial charge in [-0.1, -0.05) is 47.1 Å². The molecule has 0 saturated heterocycles. The Balaban J connectivity index is 1.77. The van der Waals surface area contributed by atoms with Crippen LogP contribution in [0.1, 0.15) is 24.1 Å². The van der Waals surface area contributed by atoms with Gasteiger partial charge >= 0.3 is 0 Å². The Bertz CT molecular complexity index is 1070. The van der Waals surface area contributed by atoms with Crippen LogP contribution >= 0.6 is 0 Å². The van der Waals surface area contributed by atoms with E-state index in [2.05, 4.69) is 26.2 Å². The zero-order valence-corrected chi connectivity index (χ0v) is 15.8. The van der Waals surface area contributed by atoms with Crippen molar-refractivity contribution in [2.75, 3.05) is 17.7 Å². The van der Waals surface area contributed by atoms with Crippen molar-refractivity contribution in [1.82, 2.24) is 20.2 Å². The quantitative estimate of drug-likeness (QED) is 0.727. The Kier molecular flexibility index (Phi) is 4.52. The number of ether oxygens (including phenoxy) is 1. The first kappa shape index (κ1) is 17.7. The summed E-state index contributed by atoms with van der Waals surface area (Å²) in [4.78, 5) is 13.3. The van der Waals surface area contributed by atoms with E-state index in [0.717, 1.165) is 11.1 Å². The lowest BCUT2D eigenvalue weighted by atomic mass is 9.94. The topological polar surface area (TPSA) is 94.0 Å². The van der Waals surface area contributed by atoms with E-state index in [9.17, 15) is 4.79 Å². The molecule has 0 fully saturated rings. The number of allylic oxidation sites excluding steroid dienone is 1. The Morgan fingerprint density at radius 2 is 2.00 bits per heavy atom. The molecule has 1 aliphatic rings. The predicted molar refractivity (Wildman–Crippen MR) is 105 cm³/mol. The molecule has 0 spiro atoms. The number of nitrogens with zero attached hydrogens (tertiary/aromatic N) is 4. The lowest BCUT2D eigenvalue weighted by Gasteiger charge is -2.28. The van der Waals surface area contributed by atoms with Crippen molar-refractivity contribution in [2.24, 2.45) is 0 Å². The maximum absolute atomic E-state index is 13.3. The average Bonchev–Trinajstić information content (AvgIpc) is 3.15. The van der Waals surface area contributed by atoms with Gasteiger partial charge in [-0.2, -0.15) is 4.68 Å². The first-order valence-electron chi connectivity index (χ1n) is 8.85. The highest BCUT2D eigenvalue weighted by Crippen LogP contribution is 2.35. The van der Waals surface area contributed by atoms with Gasteiger partial charge in [0.1, 0.15) is 11.8 Å². The summed E-state index contributed by atoms with van der Waals surface area (Å²) < 4.78 is 6.97. The number of nitrogens with one attached hydrogen (secondary N) is 2. The highest BCUT2D eigenvalue weighted by atomic mass is 16.5. The molecule has 0 bridgehead atoms. The number of amides is 1. The molecule has 2 N–H and O–H groups in total. The van der Waals surface area contributed by atoms with Gasteiger partial charge in [0.15, 0.2) is 0 Å². The molecule has 0 aliphatic carbocycles. The summed E-state index contributed by atoms with van der Waals surface area (Å²) in [5.74, 6) is 0.841. The first-order valence-corrected chi connectivity index (χ1v) is 8.85. The van der Waals surface area contributed by atoms with Gasteiger partial charge in [0, 0.05) is 5.70 Å². The molecule has 0 unspecified atom stereocenters. The van der Waals surface area contributed by atoms with Crippen molar-refractivity contribution >= 4 is 17.5 Å². The summed E-state index contributed by atoms with van der Waals surface area (Å²) >= 11 is 0. The van der Waals surface area contributed by atoms with Gasteiger partial charge in [-0.05, 0) is 42.0 Å². The molecule has 2 heterocycles. The second-order valence-corrected chi connectivity index (χ2v) is 6.58. The maximum Gasteiger partial charge on any atom is 0.255 e. The number of hydrogen-bond donors (Lipinski definition) is 2. The number of hydrogen-bond acceptors (Lipinski definition) is 6. The third kappa shape index (κ3) is 3.09. The third-order valence-corrected chi connectivity index (χ3v) is 4.67. The Morgan fingerprint density at radius 3 is 2.79 bits per heavy atom. The fourth-order valence-corrected chi connectivity index (χ4v) is 3.39. The number of tetrazole rings is 1. The van der Waals surface area contributed by atoms with Crippen molar-refractivity contribution in [3.8, 4) is 5.75 Å². The van der Waals surface area contributed by atoms with Crippen LogP contribution < -0.4 is 15.4 Å². The van der Waals surface area contributed by atoms with Gasteiger partial charge in [-0.3, -0.25) is 4.79 Å². The number of rotatable bonds is 4. The number of anilines is 2. The number of para-hydroxylation sites is 2. The molecule has 3 aromatic rings. The number of fused-ring (bicyclic) bond motifs is 1. The molecule has 0 saturated carbocycles. The van der Waals surface area contributed by atoms with Crippen LogP contribution in [-0.4, -0.2) is 33.2 Å². The lowest BCUT2D eigenvalue weighted by Crippen LogP contribution is -2.31. The average molecular weight is 376 g/mol. The molecular formula is C20H20N6O2. The molecule has 142 valence electrons. The molecular weight excluding hydrogens is 356 g/mol. The minimum Gasteiger partial charge on any atom is -0.495 e. The Hall–Kier alpha value is -3.68. The number of aryl methyl sites for hydroxylation is 1. The summed E-state index contributed by atoms with van der Waals surface area (Å²) in [6.07, 6.45) is 0. The molecule has 0 radical (unpaired) electrons. The van der Waals surface area contributed by atoms with E-state index in [4.69, 9.17) is 4.74 Å². The fourth-order valence-electron chi connectivity index (χ4n) is 3.39. The third-order valence-electron chi connectivity index (χ3n) is 4.67. The smallest absolute Gasteiger partial charge is 0.255 e. The summed E-state index contributed by atoms with van der Waals surface area (Å²) in [5, 5.41) is 18.0. The summed E-state index contributed by atoms with van der Waals surface area (Å²) in [5.41, 5.74) is 3.85. The first-order chi connectivity index (χ1) is 13.6. The molecule has 2 aromatic carbocycles. The van der Waals surface area contributed by atoms with Crippen LogP contribution in [0.15, 0.2) is 59.8 Å². The summed E-state index contributed by atoms with van der Waals surface area (Å²) in [7, 11) is 1.57. The minimum atomic E-state index is -0.444. The number of aromatic nitrogens is 4. The highest BCUT2D eigenvalue weighted by Gasteiger charge is 2.34. The van der Waals surface area contributed by atoms with Crippen molar-refractivity contribution < 1.29 is 9.53 Å². The Morgan fingerprint density at radius 1 is 1.18 bits per heavy atom. The van der Waals surface area contributed by atoms with E-state index in [-0.39, 0.29) is 5.91 Å². The Labute approximate surface area is 162 Å². The van der Waals surface area contributed by atoms with Crippen LogP contribution in [0, 0.1) is 6.92 Å². The standard InChI is InChI=1S/C20H20N6O2/c1-12-7-6-8-14(11-12)18-17(13(2)21-20-23-24-25-26(18)20)19(27)22-15-9-4-5-10-16(15)28-3/h4-11,18H,1-3H3,(H,22,27)(H,21,23,25)/t18-/m0/s1. The molecule has 1 amide bonds. The van der Waals surface area contributed by atoms with Gasteiger partial charge in [-0.25, -0.2) is 0 Å². The van der Waals surface area contributed by atoms with Crippen molar-refractivity contribution in [1.29, 1.82) is 0 Å². The molecule has 1 aromatic heterocycles. The van der Waals surface area contributed by atoms with Crippen LogP contribution in [0.5, 0.6) is 5.75 Å². The van der Waals surface area contributed by atoms with Crippen LogP contribution in [0.25, 0.3) is 0 Å². The SMILES string of the molecule is COc1ccccc1NC(=O)C1=C(C)Nc2nnnn2[C@H]1c1cccc(C)c1. The maximum atomic E-state index is 13.3. The number of carbonyl (C=O) groups is 1. The monoisotopic (exact) mass is 376 g/mol. The number of benzene rings is 2. The number of methoxy groups -OCH3 is 1. The molecule has 1 aliphatic heterocycles. The van der Waals surface area contributed by atoms with Crippen molar-refractivity contribution in [2.45, 2.75) is 19.9 Å². The second-order valence-electron chi connectivity index (χ2n) is 6.58. The van der Waals surface area contributed by atoms with Crippen molar-refractivity contribution in [3.63, 3.8) is 0 Å².